The van der Waals surface area contributed by atoms with Crippen LogP contribution in [0.3, 0.4) is 0 Å². The zero-order valence-electron chi connectivity index (χ0n) is 16.7. The van der Waals surface area contributed by atoms with Crippen LogP contribution in [0.1, 0.15) is 27.8 Å². The van der Waals surface area contributed by atoms with Gasteiger partial charge in [-0.05, 0) is 42.8 Å². The second-order valence-corrected chi connectivity index (χ2v) is 7.53. The molecule has 0 radical (unpaired) electrons. The van der Waals surface area contributed by atoms with Crippen molar-refractivity contribution in [3.05, 3.63) is 70.5 Å². The van der Waals surface area contributed by atoms with Crippen LogP contribution in [0.4, 0.5) is 0 Å². The molecule has 1 N–H and O–H groups in total. The highest BCUT2D eigenvalue weighted by Crippen LogP contribution is 2.28. The topological polar surface area (TPSA) is 80.5 Å². The van der Waals surface area contributed by atoms with Crippen LogP contribution < -0.4 is 5.32 Å². The second-order valence-electron chi connectivity index (χ2n) is 7.12. The number of benzene rings is 2. The van der Waals surface area contributed by atoms with Gasteiger partial charge < -0.3 is 14.6 Å². The van der Waals surface area contributed by atoms with Crippen molar-refractivity contribution in [1.82, 2.24) is 20.4 Å². The average molecular weight is 427 g/mol. The largest absolute Gasteiger partial charge is 0.379 e. The molecule has 1 aliphatic rings. The number of hydrogen-bond acceptors (Lipinski definition) is 6. The molecule has 30 heavy (non-hydrogen) atoms. The number of amides is 1. The summed E-state index contributed by atoms with van der Waals surface area (Å²) in [7, 11) is 0. The molecule has 1 unspecified atom stereocenters. The zero-order chi connectivity index (χ0) is 20.9. The molecule has 0 spiro atoms. The average Bonchev–Trinajstić information content (AvgIpc) is 3.22. The summed E-state index contributed by atoms with van der Waals surface area (Å²) in [5, 5.41) is 7.54. The van der Waals surface area contributed by atoms with Crippen molar-refractivity contribution in [3.8, 4) is 11.5 Å². The number of morpholine rings is 1. The Hall–Kier alpha value is -2.74. The Kier molecular flexibility index (Phi) is 6.42. The Bertz CT molecular complexity index is 1000. The van der Waals surface area contributed by atoms with Gasteiger partial charge in [-0.2, -0.15) is 4.98 Å². The molecule has 1 amide bonds. The predicted molar refractivity (Wildman–Crippen MR) is 113 cm³/mol. The lowest BCUT2D eigenvalue weighted by Gasteiger charge is -2.35. The van der Waals surface area contributed by atoms with E-state index in [1.807, 2.05) is 24.3 Å². The maximum Gasteiger partial charge on any atom is 0.257 e. The van der Waals surface area contributed by atoms with Crippen molar-refractivity contribution in [1.29, 1.82) is 0 Å². The molecule has 1 fully saturated rings. The summed E-state index contributed by atoms with van der Waals surface area (Å²) in [6.07, 6.45) is 0. The number of aromatic nitrogens is 2. The van der Waals surface area contributed by atoms with E-state index >= 15 is 0 Å². The quantitative estimate of drug-likeness (QED) is 0.649. The number of carbonyl (C=O) groups is 1. The van der Waals surface area contributed by atoms with E-state index < -0.39 is 0 Å². The van der Waals surface area contributed by atoms with Gasteiger partial charge in [-0.15, -0.1) is 0 Å². The number of carbonyl (C=O) groups excluding carboxylic acids is 1. The van der Waals surface area contributed by atoms with Gasteiger partial charge in [-0.3, -0.25) is 9.69 Å². The van der Waals surface area contributed by atoms with E-state index in [0.717, 1.165) is 24.2 Å². The molecule has 3 aromatic rings. The van der Waals surface area contributed by atoms with Gasteiger partial charge in [0.15, 0.2) is 5.82 Å². The first-order valence-electron chi connectivity index (χ1n) is 9.87. The number of nitrogens with zero attached hydrogens (tertiary/aromatic N) is 3. The fraction of sp³-hybridized carbons (Fsp3) is 0.318. The van der Waals surface area contributed by atoms with Gasteiger partial charge in [0.05, 0.1) is 19.3 Å². The van der Waals surface area contributed by atoms with Gasteiger partial charge >= 0.3 is 0 Å². The summed E-state index contributed by atoms with van der Waals surface area (Å²) in [5.41, 5.74) is 2.34. The first-order chi connectivity index (χ1) is 14.6. The van der Waals surface area contributed by atoms with E-state index in [-0.39, 0.29) is 11.9 Å². The molecule has 7 nitrogen and oxygen atoms in total. The van der Waals surface area contributed by atoms with Crippen LogP contribution in [0.15, 0.2) is 53.1 Å². The lowest BCUT2D eigenvalue weighted by Crippen LogP contribution is -2.44. The third-order valence-corrected chi connectivity index (χ3v) is 5.47. The van der Waals surface area contributed by atoms with Crippen molar-refractivity contribution in [2.75, 3.05) is 32.8 Å². The molecule has 156 valence electrons. The number of ether oxygens (including phenoxy) is 1. The molecule has 1 saturated heterocycles. The summed E-state index contributed by atoms with van der Waals surface area (Å²) in [5.74, 6) is 0.861. The predicted octanol–water partition coefficient (Wildman–Crippen LogP) is 3.50. The number of nitrogens with one attached hydrogen (secondary N) is 1. The van der Waals surface area contributed by atoms with Crippen LogP contribution in [-0.2, 0) is 4.74 Å². The Morgan fingerprint density at radius 2 is 1.90 bits per heavy atom. The maximum atomic E-state index is 12.8. The van der Waals surface area contributed by atoms with Gasteiger partial charge in [0.2, 0.25) is 0 Å². The number of rotatable bonds is 6. The summed E-state index contributed by atoms with van der Waals surface area (Å²) in [6, 6.07) is 14.9. The van der Waals surface area contributed by atoms with Crippen molar-refractivity contribution in [2.45, 2.75) is 13.0 Å². The highest BCUT2D eigenvalue weighted by atomic mass is 35.5. The van der Waals surface area contributed by atoms with Crippen LogP contribution in [-0.4, -0.2) is 53.8 Å². The molecular formula is C22H23ClN4O3. The first kappa shape index (κ1) is 20.5. The summed E-state index contributed by atoms with van der Waals surface area (Å²) in [6.45, 7) is 5.15. The lowest BCUT2D eigenvalue weighted by molar-refractivity contribution is 0.0162. The van der Waals surface area contributed by atoms with Crippen LogP contribution in [0.2, 0.25) is 5.02 Å². The summed E-state index contributed by atoms with van der Waals surface area (Å²) in [4.78, 5) is 19.3. The molecule has 0 saturated carbocycles. The number of aryl methyl sites for hydroxylation is 1. The van der Waals surface area contributed by atoms with Crippen LogP contribution in [0.25, 0.3) is 11.5 Å². The van der Waals surface area contributed by atoms with Gasteiger partial charge in [0.1, 0.15) is 0 Å². The molecule has 8 heteroatoms. The van der Waals surface area contributed by atoms with Gasteiger partial charge in [0.25, 0.3) is 11.8 Å². The van der Waals surface area contributed by atoms with E-state index in [2.05, 4.69) is 20.4 Å². The first-order valence-corrected chi connectivity index (χ1v) is 10.2. The molecule has 1 aliphatic heterocycles. The minimum absolute atomic E-state index is 0.0211. The highest BCUT2D eigenvalue weighted by molar-refractivity contribution is 6.31. The Balaban J connectivity index is 1.46. The Morgan fingerprint density at radius 3 is 2.57 bits per heavy atom. The molecule has 2 aromatic carbocycles. The van der Waals surface area contributed by atoms with Gasteiger partial charge in [-0.1, -0.05) is 35.0 Å². The highest BCUT2D eigenvalue weighted by Gasteiger charge is 2.25. The second kappa shape index (κ2) is 9.38. The van der Waals surface area contributed by atoms with E-state index in [0.29, 0.717) is 42.1 Å². The van der Waals surface area contributed by atoms with E-state index in [1.54, 1.807) is 31.2 Å². The number of hydrogen-bond donors (Lipinski definition) is 1. The normalized spacial score (nSPS) is 15.7. The third-order valence-electron chi connectivity index (χ3n) is 5.13. The van der Waals surface area contributed by atoms with Gasteiger partial charge in [0, 0.05) is 35.8 Å². The van der Waals surface area contributed by atoms with Crippen molar-refractivity contribution >= 4 is 17.5 Å². The molecule has 0 aliphatic carbocycles. The van der Waals surface area contributed by atoms with Crippen molar-refractivity contribution < 1.29 is 14.1 Å². The summed E-state index contributed by atoms with van der Waals surface area (Å²) < 4.78 is 10.6. The van der Waals surface area contributed by atoms with Gasteiger partial charge in [-0.25, -0.2) is 0 Å². The standard InChI is InChI=1S/C22H23ClN4O3/c1-15-25-22(30-26-15)17-8-6-16(7-9-17)21(28)24-14-20(27-10-12-29-13-11-27)18-4-2-3-5-19(18)23/h2-9,20H,10-14H2,1H3,(H,24,28). The molecule has 0 bridgehead atoms. The van der Waals surface area contributed by atoms with E-state index in [9.17, 15) is 4.79 Å². The SMILES string of the molecule is Cc1noc(-c2ccc(C(=O)NCC(c3ccccc3Cl)N3CCOCC3)cc2)n1. The molecule has 1 atom stereocenters. The van der Waals surface area contributed by atoms with Crippen LogP contribution >= 0.6 is 11.6 Å². The summed E-state index contributed by atoms with van der Waals surface area (Å²) >= 11 is 6.46. The fourth-order valence-corrected chi connectivity index (χ4v) is 3.80. The number of halogens is 1. The minimum Gasteiger partial charge on any atom is -0.379 e. The monoisotopic (exact) mass is 426 g/mol. The maximum absolute atomic E-state index is 12.8. The van der Waals surface area contributed by atoms with Crippen molar-refractivity contribution in [2.24, 2.45) is 0 Å². The molecule has 2 heterocycles. The fourth-order valence-electron chi connectivity index (χ4n) is 3.54. The molecule has 4 rings (SSSR count). The molecular weight excluding hydrogens is 404 g/mol. The Morgan fingerprint density at radius 1 is 1.17 bits per heavy atom. The molecule has 1 aromatic heterocycles. The third kappa shape index (κ3) is 4.70. The van der Waals surface area contributed by atoms with E-state index in [4.69, 9.17) is 20.9 Å². The zero-order valence-corrected chi connectivity index (χ0v) is 17.4. The van der Waals surface area contributed by atoms with Crippen LogP contribution in [0, 0.1) is 6.92 Å². The van der Waals surface area contributed by atoms with Crippen molar-refractivity contribution in [3.63, 3.8) is 0 Å². The smallest absolute Gasteiger partial charge is 0.257 e. The Labute approximate surface area is 180 Å². The minimum atomic E-state index is -0.145. The van der Waals surface area contributed by atoms with Crippen LogP contribution in [0.5, 0.6) is 0 Å². The van der Waals surface area contributed by atoms with E-state index in [1.165, 1.54) is 0 Å². The lowest BCUT2D eigenvalue weighted by atomic mass is 10.0.